The molecule has 0 saturated carbocycles. The highest BCUT2D eigenvalue weighted by molar-refractivity contribution is 8.00. The molecule has 2 atom stereocenters. The van der Waals surface area contributed by atoms with E-state index in [9.17, 15) is 13.2 Å². The van der Waals surface area contributed by atoms with Crippen LogP contribution in [0.25, 0.3) is 11.3 Å². The molecule has 0 amide bonds. The largest absolute Gasteiger partial charge is 0.418 e. The minimum atomic E-state index is -4.51. The Kier molecular flexibility index (Phi) is 7.60. The molecule has 0 radical (unpaired) electrons. The topological polar surface area (TPSA) is 71.1 Å². The average Bonchev–Trinajstić information content (AvgIpc) is 2.83. The number of methoxy groups -OCH3 is 1. The van der Waals surface area contributed by atoms with E-state index in [-0.39, 0.29) is 17.8 Å². The summed E-state index contributed by atoms with van der Waals surface area (Å²) in [5.74, 6) is 1.02. The minimum absolute atomic E-state index is 0.0428. The number of hydrogen-bond acceptors (Lipinski definition) is 7. The number of aromatic nitrogens is 2. The van der Waals surface area contributed by atoms with Crippen LogP contribution in [0.3, 0.4) is 0 Å². The highest BCUT2D eigenvalue weighted by Crippen LogP contribution is 2.38. The predicted molar refractivity (Wildman–Crippen MR) is 129 cm³/mol. The molecule has 1 aliphatic rings. The number of pyridine rings is 2. The number of piperidine rings is 1. The van der Waals surface area contributed by atoms with Gasteiger partial charge in [-0.3, -0.25) is 0 Å². The lowest BCUT2D eigenvalue weighted by Gasteiger charge is -2.32. The van der Waals surface area contributed by atoms with Crippen LogP contribution in [0.1, 0.15) is 17.5 Å². The van der Waals surface area contributed by atoms with Crippen molar-refractivity contribution in [2.24, 2.45) is 0 Å². The Hall–Kier alpha value is -2.82. The van der Waals surface area contributed by atoms with Crippen LogP contribution in [0.4, 0.5) is 24.8 Å². The van der Waals surface area contributed by atoms with Crippen LogP contribution in [0.2, 0.25) is 0 Å². The fraction of sp³-hybridized carbons (Fsp3) is 0.333. The van der Waals surface area contributed by atoms with Crippen LogP contribution in [0.5, 0.6) is 0 Å². The van der Waals surface area contributed by atoms with Crippen LogP contribution in [-0.4, -0.2) is 42.3 Å². The van der Waals surface area contributed by atoms with Gasteiger partial charge >= 0.3 is 6.18 Å². The van der Waals surface area contributed by atoms with Crippen molar-refractivity contribution in [1.82, 2.24) is 15.3 Å². The highest BCUT2D eigenvalue weighted by Gasteiger charge is 2.35. The number of ether oxygens (including phenoxy) is 1. The van der Waals surface area contributed by atoms with Crippen molar-refractivity contribution < 1.29 is 17.9 Å². The van der Waals surface area contributed by atoms with E-state index in [0.717, 1.165) is 31.1 Å². The van der Waals surface area contributed by atoms with Crippen molar-refractivity contribution in [2.75, 3.05) is 30.2 Å². The lowest BCUT2D eigenvalue weighted by Crippen LogP contribution is -2.48. The molecule has 3 N–H and O–H groups in total. The van der Waals surface area contributed by atoms with E-state index in [0.29, 0.717) is 22.2 Å². The van der Waals surface area contributed by atoms with Gasteiger partial charge in [0.25, 0.3) is 0 Å². The van der Waals surface area contributed by atoms with E-state index in [1.807, 2.05) is 18.2 Å². The second-order valence-corrected chi connectivity index (χ2v) is 8.81. The van der Waals surface area contributed by atoms with Crippen LogP contribution >= 0.6 is 11.9 Å². The molecule has 3 heterocycles. The molecule has 1 aromatic carbocycles. The number of benzene rings is 1. The first-order valence-corrected chi connectivity index (χ1v) is 11.7. The molecule has 34 heavy (non-hydrogen) atoms. The number of alkyl halides is 3. The number of nitrogens with zero attached hydrogens (tertiary/aromatic N) is 2. The molecule has 10 heteroatoms. The van der Waals surface area contributed by atoms with E-state index in [4.69, 9.17) is 4.74 Å². The summed E-state index contributed by atoms with van der Waals surface area (Å²) in [6.07, 6.45) is -3.55. The molecule has 180 valence electrons. The molecular weight excluding hydrogens is 463 g/mol. The monoisotopic (exact) mass is 489 g/mol. The van der Waals surface area contributed by atoms with Crippen LogP contribution < -0.4 is 15.4 Å². The fourth-order valence-electron chi connectivity index (χ4n) is 3.88. The quantitative estimate of drug-likeness (QED) is 0.385. The van der Waals surface area contributed by atoms with E-state index in [2.05, 4.69) is 25.3 Å². The van der Waals surface area contributed by atoms with E-state index in [1.165, 1.54) is 18.0 Å². The Labute approximate surface area is 200 Å². The maximum atomic E-state index is 13.6. The van der Waals surface area contributed by atoms with Gasteiger partial charge in [-0.2, -0.15) is 13.2 Å². The van der Waals surface area contributed by atoms with Gasteiger partial charge in [-0.15, -0.1) is 0 Å². The maximum Gasteiger partial charge on any atom is 0.418 e. The Morgan fingerprint density at radius 2 is 1.85 bits per heavy atom. The first-order valence-electron chi connectivity index (χ1n) is 10.9. The summed E-state index contributed by atoms with van der Waals surface area (Å²) in [6, 6.07) is 15.0. The van der Waals surface area contributed by atoms with Gasteiger partial charge in [0, 0.05) is 31.2 Å². The summed E-state index contributed by atoms with van der Waals surface area (Å²) < 4.78 is 49.5. The van der Waals surface area contributed by atoms with Crippen molar-refractivity contribution >= 4 is 23.6 Å². The molecule has 3 aromatic rings. The van der Waals surface area contributed by atoms with Gasteiger partial charge in [-0.05, 0) is 49.7 Å². The normalized spacial score (nSPS) is 18.5. The Bertz CT molecular complexity index is 1130. The van der Waals surface area contributed by atoms with Crippen LogP contribution in [0.15, 0.2) is 59.6 Å². The zero-order valence-electron chi connectivity index (χ0n) is 18.8. The second kappa shape index (κ2) is 10.6. The number of halogens is 3. The minimum Gasteiger partial charge on any atom is -0.378 e. The summed E-state index contributed by atoms with van der Waals surface area (Å²) in [5, 5.41) is 7.39. The molecule has 1 saturated heterocycles. The number of anilines is 2. The van der Waals surface area contributed by atoms with E-state index >= 15 is 0 Å². The van der Waals surface area contributed by atoms with Crippen LogP contribution in [-0.2, 0) is 10.9 Å². The molecule has 0 spiro atoms. The lowest BCUT2D eigenvalue weighted by atomic mass is 10.0. The summed E-state index contributed by atoms with van der Waals surface area (Å²) in [6.45, 7) is 3.44. The van der Waals surface area contributed by atoms with E-state index < -0.39 is 11.7 Å². The zero-order chi connectivity index (χ0) is 24.1. The Balaban J connectivity index is 1.51. The molecule has 0 aliphatic carbocycles. The van der Waals surface area contributed by atoms with Gasteiger partial charge in [0.1, 0.15) is 16.7 Å². The number of rotatable bonds is 7. The Morgan fingerprint density at radius 3 is 2.62 bits per heavy atom. The second-order valence-electron chi connectivity index (χ2n) is 7.99. The SMILES string of the molecule is COC1CNCCC1Nc1cccc(SNc2ccc(C(F)(F)F)c(-c3ccccc3C)n2)n1. The van der Waals surface area contributed by atoms with Crippen molar-refractivity contribution in [3.8, 4) is 11.3 Å². The third kappa shape index (κ3) is 5.81. The van der Waals surface area contributed by atoms with Crippen molar-refractivity contribution in [3.63, 3.8) is 0 Å². The van der Waals surface area contributed by atoms with Gasteiger partial charge in [0.2, 0.25) is 0 Å². The summed E-state index contributed by atoms with van der Waals surface area (Å²) >= 11 is 1.19. The maximum absolute atomic E-state index is 13.6. The van der Waals surface area contributed by atoms with Crippen LogP contribution in [0, 0.1) is 6.92 Å². The third-order valence-corrected chi connectivity index (χ3v) is 6.39. The first-order chi connectivity index (χ1) is 16.3. The Morgan fingerprint density at radius 1 is 1.03 bits per heavy atom. The molecule has 2 unspecified atom stereocenters. The van der Waals surface area contributed by atoms with Gasteiger partial charge in [0.15, 0.2) is 0 Å². The van der Waals surface area contributed by atoms with Gasteiger partial charge < -0.3 is 20.1 Å². The van der Waals surface area contributed by atoms with Gasteiger partial charge in [0.05, 0.1) is 23.4 Å². The molecule has 6 nitrogen and oxygen atoms in total. The van der Waals surface area contributed by atoms with Crippen molar-refractivity contribution in [3.05, 3.63) is 65.7 Å². The summed E-state index contributed by atoms with van der Waals surface area (Å²) in [5.41, 5.74) is 0.299. The van der Waals surface area contributed by atoms with Gasteiger partial charge in [-0.25, -0.2) is 9.97 Å². The third-order valence-electron chi connectivity index (χ3n) is 5.65. The molecule has 1 fully saturated rings. The standard InChI is InChI=1S/C24H26F3N5OS/c1-15-6-3-4-7-16(15)23-17(24(25,26)27)10-11-21(31-23)32-34-22-9-5-8-20(30-22)29-18-12-13-28-14-19(18)33-2/h3-11,18-19,28H,12-14H2,1-2H3,(H,29,30)(H,31,32). The summed E-state index contributed by atoms with van der Waals surface area (Å²) in [7, 11) is 1.69. The predicted octanol–water partition coefficient (Wildman–Crippen LogP) is 5.38. The highest BCUT2D eigenvalue weighted by atomic mass is 32.2. The number of nitrogens with one attached hydrogen (secondary N) is 3. The zero-order valence-corrected chi connectivity index (χ0v) is 19.6. The molecule has 0 bridgehead atoms. The molecule has 4 rings (SSSR count). The summed E-state index contributed by atoms with van der Waals surface area (Å²) in [4.78, 5) is 8.91. The fourth-order valence-corrected chi connectivity index (χ4v) is 4.49. The van der Waals surface area contributed by atoms with Gasteiger partial charge in [-0.1, -0.05) is 30.3 Å². The number of aryl methyl sites for hydroxylation is 1. The smallest absolute Gasteiger partial charge is 0.378 e. The average molecular weight is 490 g/mol. The van der Waals surface area contributed by atoms with E-state index in [1.54, 1.807) is 38.3 Å². The number of hydrogen-bond donors (Lipinski definition) is 3. The first kappa shape index (κ1) is 24.3. The van der Waals surface area contributed by atoms with Crippen molar-refractivity contribution in [2.45, 2.75) is 36.7 Å². The lowest BCUT2D eigenvalue weighted by molar-refractivity contribution is -0.137. The van der Waals surface area contributed by atoms with Crippen molar-refractivity contribution in [1.29, 1.82) is 0 Å². The molecule has 1 aliphatic heterocycles. The molecule has 2 aromatic heterocycles. The molecular formula is C24H26F3N5OS.